The highest BCUT2D eigenvalue weighted by molar-refractivity contribution is 6.09. The van der Waals surface area contributed by atoms with E-state index in [1.54, 1.807) is 19.1 Å². The van der Waals surface area contributed by atoms with Gasteiger partial charge in [-0.15, -0.1) is 0 Å². The van der Waals surface area contributed by atoms with Crippen molar-refractivity contribution < 1.29 is 14.0 Å². The molecular formula is C15H15FN2O2. The number of hydrogen-bond acceptors (Lipinski definition) is 3. The minimum atomic E-state index is -0.743. The molecule has 0 aromatic heterocycles. The number of carbonyl (C=O) groups is 2. The molecule has 0 aliphatic carbocycles. The number of nitriles is 1. The second kappa shape index (κ2) is 5.83. The molecule has 0 N–H and O–H groups in total. The molecule has 20 heavy (non-hydrogen) atoms. The number of halogens is 1. The molecule has 1 aliphatic rings. The third-order valence-corrected chi connectivity index (χ3v) is 3.53. The summed E-state index contributed by atoms with van der Waals surface area (Å²) < 4.78 is 13.1. The summed E-state index contributed by atoms with van der Waals surface area (Å²) in [5.74, 6) is -1.71. The molecule has 1 fully saturated rings. The molecule has 4 nitrogen and oxygen atoms in total. The molecule has 1 atom stereocenters. The van der Waals surface area contributed by atoms with Crippen molar-refractivity contribution in [2.75, 3.05) is 11.4 Å². The van der Waals surface area contributed by atoms with Gasteiger partial charge >= 0.3 is 0 Å². The summed E-state index contributed by atoms with van der Waals surface area (Å²) >= 11 is 0. The second-order valence-electron chi connectivity index (χ2n) is 4.92. The molecule has 0 spiro atoms. The van der Waals surface area contributed by atoms with E-state index in [9.17, 15) is 14.0 Å². The number of Topliss-reactive ketones (excluding diaryl/α,β-unsaturated/α-hetero) is 1. The number of benzene rings is 1. The molecule has 0 unspecified atom stereocenters. The summed E-state index contributed by atoms with van der Waals surface area (Å²) in [5, 5.41) is 8.57. The van der Waals surface area contributed by atoms with Crippen LogP contribution < -0.4 is 4.90 Å². The van der Waals surface area contributed by atoms with E-state index in [-0.39, 0.29) is 23.9 Å². The van der Waals surface area contributed by atoms with Crippen molar-refractivity contribution >= 4 is 17.4 Å². The first kappa shape index (κ1) is 14.2. The van der Waals surface area contributed by atoms with Crippen LogP contribution in [0.3, 0.4) is 0 Å². The minimum absolute atomic E-state index is 0.243. The highest BCUT2D eigenvalue weighted by Crippen LogP contribution is 2.28. The van der Waals surface area contributed by atoms with Crippen molar-refractivity contribution in [3.63, 3.8) is 0 Å². The highest BCUT2D eigenvalue weighted by Gasteiger charge is 2.34. The number of anilines is 1. The number of aryl methyl sites for hydroxylation is 1. The lowest BCUT2D eigenvalue weighted by atomic mass is 9.91. The Kier molecular flexibility index (Phi) is 4.14. The number of piperidine rings is 1. The van der Waals surface area contributed by atoms with Crippen molar-refractivity contribution in [2.45, 2.75) is 26.2 Å². The zero-order valence-electron chi connectivity index (χ0n) is 11.2. The Hall–Kier alpha value is -2.22. The third-order valence-electron chi connectivity index (χ3n) is 3.53. The first-order chi connectivity index (χ1) is 9.54. The van der Waals surface area contributed by atoms with Crippen LogP contribution in [0.5, 0.6) is 0 Å². The van der Waals surface area contributed by atoms with Crippen LogP contribution in [-0.2, 0) is 9.59 Å². The normalized spacial score (nSPS) is 18.8. The number of amides is 1. The van der Waals surface area contributed by atoms with Gasteiger partial charge in [0.05, 0.1) is 18.4 Å². The van der Waals surface area contributed by atoms with Gasteiger partial charge in [0, 0.05) is 12.2 Å². The van der Waals surface area contributed by atoms with Crippen LogP contribution in [0.4, 0.5) is 10.1 Å². The fraction of sp³-hybridized carbons (Fsp3) is 0.400. The first-order valence-corrected chi connectivity index (χ1v) is 6.52. The minimum Gasteiger partial charge on any atom is -0.312 e. The number of hydrogen-bond donors (Lipinski definition) is 0. The van der Waals surface area contributed by atoms with Crippen LogP contribution >= 0.6 is 0 Å². The molecule has 1 amide bonds. The number of carbonyl (C=O) groups excluding carboxylic acids is 2. The molecule has 1 aromatic carbocycles. The van der Waals surface area contributed by atoms with Crippen molar-refractivity contribution in [2.24, 2.45) is 5.92 Å². The molecule has 104 valence electrons. The Morgan fingerprint density at radius 1 is 1.55 bits per heavy atom. The molecule has 5 heteroatoms. The summed E-state index contributed by atoms with van der Waals surface area (Å²) in [6.45, 7) is 2.24. The average Bonchev–Trinajstić information content (AvgIpc) is 2.40. The standard InChI is InChI=1S/C15H15FN2O2/c1-10-9-11(16)4-5-13(10)18-8-2-3-12(15(18)20)14(19)6-7-17/h4-5,9,12H,2-3,6,8H2,1H3/t12-/m1/s1. The highest BCUT2D eigenvalue weighted by atomic mass is 19.1. The van der Waals surface area contributed by atoms with Crippen LogP contribution in [0.15, 0.2) is 18.2 Å². The predicted molar refractivity (Wildman–Crippen MR) is 71.5 cm³/mol. The molecule has 0 saturated carbocycles. The van der Waals surface area contributed by atoms with Gasteiger partial charge in [0.15, 0.2) is 5.78 Å². The SMILES string of the molecule is Cc1cc(F)ccc1N1CCC[C@H](C(=O)CC#N)C1=O. The van der Waals surface area contributed by atoms with Gasteiger partial charge in [0.25, 0.3) is 0 Å². The molecule has 1 saturated heterocycles. The number of nitrogens with zero attached hydrogens (tertiary/aromatic N) is 2. The fourth-order valence-corrected chi connectivity index (χ4v) is 2.54. The van der Waals surface area contributed by atoms with Gasteiger partial charge in [0.2, 0.25) is 5.91 Å². The fourth-order valence-electron chi connectivity index (χ4n) is 2.54. The van der Waals surface area contributed by atoms with Gasteiger partial charge in [0.1, 0.15) is 5.82 Å². The maximum absolute atomic E-state index is 13.1. The summed E-state index contributed by atoms with van der Waals surface area (Å²) in [7, 11) is 0. The van der Waals surface area contributed by atoms with Crippen LogP contribution in [0.1, 0.15) is 24.8 Å². The molecule has 1 aliphatic heterocycles. The number of ketones is 1. The lowest BCUT2D eigenvalue weighted by Gasteiger charge is -2.32. The Morgan fingerprint density at radius 3 is 2.95 bits per heavy atom. The second-order valence-corrected chi connectivity index (χ2v) is 4.92. The monoisotopic (exact) mass is 274 g/mol. The van der Waals surface area contributed by atoms with Gasteiger partial charge < -0.3 is 4.90 Å². The predicted octanol–water partition coefficient (Wildman–Crippen LogP) is 2.36. The maximum Gasteiger partial charge on any atom is 0.237 e. The van der Waals surface area contributed by atoms with Crippen molar-refractivity contribution in [1.29, 1.82) is 5.26 Å². The van der Waals surface area contributed by atoms with E-state index in [1.807, 2.05) is 0 Å². The topological polar surface area (TPSA) is 61.2 Å². The van der Waals surface area contributed by atoms with E-state index in [4.69, 9.17) is 5.26 Å². The Bertz CT molecular complexity index is 592. The number of rotatable bonds is 3. The molecular weight excluding hydrogens is 259 g/mol. The van der Waals surface area contributed by atoms with Crippen molar-refractivity contribution in [3.05, 3.63) is 29.6 Å². The van der Waals surface area contributed by atoms with Crippen molar-refractivity contribution in [1.82, 2.24) is 0 Å². The van der Waals surface area contributed by atoms with E-state index < -0.39 is 5.92 Å². The Balaban J connectivity index is 2.26. The molecule has 1 aromatic rings. The van der Waals surface area contributed by atoms with Crippen molar-refractivity contribution in [3.8, 4) is 6.07 Å². The van der Waals surface area contributed by atoms with Crippen LogP contribution in [-0.4, -0.2) is 18.2 Å². The Morgan fingerprint density at radius 2 is 2.30 bits per heavy atom. The van der Waals surface area contributed by atoms with Crippen LogP contribution in [0.2, 0.25) is 0 Å². The largest absolute Gasteiger partial charge is 0.312 e. The summed E-state index contributed by atoms with van der Waals surface area (Å²) in [4.78, 5) is 25.7. The lowest BCUT2D eigenvalue weighted by Crippen LogP contribution is -2.44. The first-order valence-electron chi connectivity index (χ1n) is 6.52. The molecule has 1 heterocycles. The maximum atomic E-state index is 13.1. The van der Waals surface area contributed by atoms with E-state index >= 15 is 0 Å². The lowest BCUT2D eigenvalue weighted by molar-refractivity contribution is -0.133. The quantitative estimate of drug-likeness (QED) is 0.795. The molecule has 0 bridgehead atoms. The van der Waals surface area contributed by atoms with E-state index in [1.165, 1.54) is 17.0 Å². The third kappa shape index (κ3) is 2.69. The average molecular weight is 274 g/mol. The van der Waals surface area contributed by atoms with E-state index in [2.05, 4.69) is 0 Å². The van der Waals surface area contributed by atoms with Gasteiger partial charge in [-0.05, 0) is 43.5 Å². The summed E-state index contributed by atoms with van der Waals surface area (Å²) in [5.41, 5.74) is 1.29. The van der Waals surface area contributed by atoms with Gasteiger partial charge in [-0.1, -0.05) is 0 Å². The molecule has 0 radical (unpaired) electrons. The van der Waals surface area contributed by atoms with E-state index in [0.717, 1.165) is 0 Å². The van der Waals surface area contributed by atoms with Gasteiger partial charge in [-0.25, -0.2) is 4.39 Å². The molecule has 2 rings (SSSR count). The summed E-state index contributed by atoms with van der Waals surface area (Å²) in [6.07, 6.45) is 0.938. The zero-order chi connectivity index (χ0) is 14.7. The summed E-state index contributed by atoms with van der Waals surface area (Å²) in [6, 6.07) is 6.01. The van der Waals surface area contributed by atoms with Gasteiger partial charge in [-0.3, -0.25) is 9.59 Å². The van der Waals surface area contributed by atoms with Crippen LogP contribution in [0, 0.1) is 30.0 Å². The van der Waals surface area contributed by atoms with Gasteiger partial charge in [-0.2, -0.15) is 5.26 Å². The smallest absolute Gasteiger partial charge is 0.237 e. The Labute approximate surface area is 116 Å². The zero-order valence-corrected chi connectivity index (χ0v) is 11.2. The van der Waals surface area contributed by atoms with Crippen LogP contribution in [0.25, 0.3) is 0 Å². The van der Waals surface area contributed by atoms with E-state index in [0.29, 0.717) is 30.6 Å².